The molecule has 7 heteroatoms. The van der Waals surface area contributed by atoms with Crippen LogP contribution in [0.4, 0.5) is 4.79 Å². The van der Waals surface area contributed by atoms with Gasteiger partial charge in [0.25, 0.3) is 0 Å². The molecular formula is C20H28N4O2S. The van der Waals surface area contributed by atoms with E-state index in [0.29, 0.717) is 6.61 Å². The molecule has 1 N–H and O–H groups in total. The quantitative estimate of drug-likeness (QED) is 0.826. The largest absolute Gasteiger partial charge is 0.491 e. The van der Waals surface area contributed by atoms with E-state index < -0.39 is 0 Å². The third-order valence-electron chi connectivity index (χ3n) is 4.78. The fraction of sp³-hybridized carbons (Fsp3) is 0.500. The highest BCUT2D eigenvalue weighted by Gasteiger charge is 2.22. The molecule has 1 aliphatic rings. The van der Waals surface area contributed by atoms with E-state index in [0.717, 1.165) is 55.3 Å². The molecule has 146 valence electrons. The molecule has 1 aliphatic heterocycles. The van der Waals surface area contributed by atoms with Gasteiger partial charge in [-0.1, -0.05) is 18.2 Å². The summed E-state index contributed by atoms with van der Waals surface area (Å²) in [5.74, 6) is 0.911. The third-order valence-corrected chi connectivity index (χ3v) is 5.42. The maximum atomic E-state index is 12.5. The van der Waals surface area contributed by atoms with Crippen molar-refractivity contribution in [2.45, 2.75) is 33.4 Å². The number of urea groups is 1. The first-order valence-electron chi connectivity index (χ1n) is 9.37. The van der Waals surface area contributed by atoms with E-state index in [9.17, 15) is 4.79 Å². The van der Waals surface area contributed by atoms with E-state index in [1.54, 1.807) is 11.3 Å². The average molecular weight is 389 g/mol. The van der Waals surface area contributed by atoms with Gasteiger partial charge in [-0.05, 0) is 31.9 Å². The zero-order chi connectivity index (χ0) is 19.2. The van der Waals surface area contributed by atoms with Gasteiger partial charge in [-0.3, -0.25) is 4.90 Å². The SMILES string of the molecule is Cc1cccc(C)c1OCC(C)NC(=O)N1CCN(Cc2cscn2)CC1. The van der Waals surface area contributed by atoms with Gasteiger partial charge < -0.3 is 15.0 Å². The summed E-state index contributed by atoms with van der Waals surface area (Å²) in [7, 11) is 0. The number of nitrogens with one attached hydrogen (secondary N) is 1. The minimum Gasteiger partial charge on any atom is -0.491 e. The number of carbonyl (C=O) groups excluding carboxylic acids is 1. The molecule has 27 heavy (non-hydrogen) atoms. The number of rotatable bonds is 6. The van der Waals surface area contributed by atoms with Crippen molar-refractivity contribution in [2.75, 3.05) is 32.8 Å². The Hall–Kier alpha value is -2.12. The number of benzene rings is 1. The van der Waals surface area contributed by atoms with Crippen LogP contribution in [0.15, 0.2) is 29.1 Å². The van der Waals surface area contributed by atoms with E-state index in [2.05, 4.69) is 20.6 Å². The van der Waals surface area contributed by atoms with Crippen LogP contribution in [0.5, 0.6) is 5.75 Å². The Morgan fingerprint density at radius 2 is 1.96 bits per heavy atom. The number of hydrogen-bond acceptors (Lipinski definition) is 5. The predicted molar refractivity (Wildman–Crippen MR) is 108 cm³/mol. The lowest BCUT2D eigenvalue weighted by molar-refractivity contribution is 0.131. The molecule has 1 aromatic heterocycles. The number of piperazine rings is 1. The van der Waals surface area contributed by atoms with Gasteiger partial charge in [0.05, 0.1) is 17.2 Å². The third kappa shape index (κ3) is 5.43. The molecule has 1 unspecified atom stereocenters. The molecule has 2 aromatic rings. The van der Waals surface area contributed by atoms with Gasteiger partial charge in [-0.2, -0.15) is 0 Å². The minimum atomic E-state index is -0.0513. The summed E-state index contributed by atoms with van der Waals surface area (Å²) in [5.41, 5.74) is 5.20. The lowest BCUT2D eigenvalue weighted by Gasteiger charge is -2.35. The predicted octanol–water partition coefficient (Wildman–Crippen LogP) is 3.05. The Balaban J connectivity index is 1.41. The number of carbonyl (C=O) groups is 1. The number of hydrogen-bond donors (Lipinski definition) is 1. The molecule has 1 saturated heterocycles. The molecule has 6 nitrogen and oxygen atoms in total. The Bertz CT molecular complexity index is 722. The lowest BCUT2D eigenvalue weighted by atomic mass is 10.1. The molecule has 0 spiro atoms. The van der Waals surface area contributed by atoms with Crippen LogP contribution in [0.25, 0.3) is 0 Å². The average Bonchev–Trinajstić information content (AvgIpc) is 3.15. The van der Waals surface area contributed by atoms with E-state index in [1.165, 1.54) is 0 Å². The van der Waals surface area contributed by atoms with Crippen LogP contribution in [-0.4, -0.2) is 59.6 Å². The first kappa shape index (κ1) is 19.6. The van der Waals surface area contributed by atoms with Crippen molar-refractivity contribution in [3.63, 3.8) is 0 Å². The van der Waals surface area contributed by atoms with Crippen molar-refractivity contribution in [2.24, 2.45) is 0 Å². The van der Waals surface area contributed by atoms with Gasteiger partial charge in [0.1, 0.15) is 12.4 Å². The zero-order valence-electron chi connectivity index (χ0n) is 16.3. The second-order valence-electron chi connectivity index (χ2n) is 7.13. The van der Waals surface area contributed by atoms with Crippen LogP contribution in [0.1, 0.15) is 23.7 Å². The molecule has 0 radical (unpaired) electrons. The number of ether oxygens (including phenoxy) is 1. The number of amides is 2. The molecule has 2 heterocycles. The van der Waals surface area contributed by atoms with Crippen LogP contribution in [-0.2, 0) is 6.54 Å². The molecule has 0 aliphatic carbocycles. The minimum absolute atomic E-state index is 0.0130. The Labute approximate surface area is 165 Å². The second-order valence-corrected chi connectivity index (χ2v) is 7.84. The van der Waals surface area contributed by atoms with Crippen molar-refractivity contribution in [3.05, 3.63) is 45.9 Å². The van der Waals surface area contributed by atoms with Crippen molar-refractivity contribution in [1.29, 1.82) is 0 Å². The summed E-state index contributed by atoms with van der Waals surface area (Å²) in [5, 5.41) is 5.13. The normalized spacial score (nSPS) is 16.2. The van der Waals surface area contributed by atoms with Gasteiger partial charge in [-0.15, -0.1) is 11.3 Å². The Morgan fingerprint density at radius 3 is 2.59 bits per heavy atom. The number of thiazole rings is 1. The van der Waals surface area contributed by atoms with E-state index in [1.807, 2.05) is 49.4 Å². The summed E-state index contributed by atoms with van der Waals surface area (Å²) in [4.78, 5) is 21.1. The molecule has 2 amide bonds. The van der Waals surface area contributed by atoms with Crippen LogP contribution >= 0.6 is 11.3 Å². The molecule has 1 fully saturated rings. The van der Waals surface area contributed by atoms with E-state index in [-0.39, 0.29) is 12.1 Å². The maximum Gasteiger partial charge on any atom is 0.317 e. The van der Waals surface area contributed by atoms with E-state index in [4.69, 9.17) is 4.74 Å². The molecule has 1 atom stereocenters. The van der Waals surface area contributed by atoms with Crippen molar-refractivity contribution >= 4 is 17.4 Å². The number of para-hydroxylation sites is 1. The topological polar surface area (TPSA) is 57.7 Å². The number of nitrogens with zero attached hydrogens (tertiary/aromatic N) is 3. The first-order chi connectivity index (χ1) is 13.0. The highest BCUT2D eigenvalue weighted by molar-refractivity contribution is 7.07. The van der Waals surface area contributed by atoms with Gasteiger partial charge in [0.2, 0.25) is 0 Å². The van der Waals surface area contributed by atoms with Gasteiger partial charge in [-0.25, -0.2) is 9.78 Å². The highest BCUT2D eigenvalue weighted by Crippen LogP contribution is 2.22. The summed E-state index contributed by atoms with van der Waals surface area (Å²) < 4.78 is 5.95. The van der Waals surface area contributed by atoms with E-state index >= 15 is 0 Å². The van der Waals surface area contributed by atoms with Crippen molar-refractivity contribution in [1.82, 2.24) is 20.1 Å². The number of aromatic nitrogens is 1. The standard InChI is InChI=1S/C20H28N4O2S/c1-15-5-4-6-16(2)19(15)26-12-17(3)22-20(25)24-9-7-23(8-10-24)11-18-13-27-14-21-18/h4-6,13-14,17H,7-12H2,1-3H3,(H,22,25). The first-order valence-corrected chi connectivity index (χ1v) is 10.3. The van der Waals surface area contributed by atoms with Crippen LogP contribution < -0.4 is 10.1 Å². The van der Waals surface area contributed by atoms with Crippen LogP contribution in [0.2, 0.25) is 0 Å². The Morgan fingerprint density at radius 1 is 1.26 bits per heavy atom. The molecule has 1 aromatic carbocycles. The summed E-state index contributed by atoms with van der Waals surface area (Å²) >= 11 is 1.62. The molecule has 0 saturated carbocycles. The zero-order valence-corrected chi connectivity index (χ0v) is 17.1. The molecule has 3 rings (SSSR count). The van der Waals surface area contributed by atoms with Gasteiger partial charge in [0.15, 0.2) is 0 Å². The highest BCUT2D eigenvalue weighted by atomic mass is 32.1. The summed E-state index contributed by atoms with van der Waals surface area (Å²) in [6.07, 6.45) is 0. The summed E-state index contributed by atoms with van der Waals surface area (Å²) in [6, 6.07) is 6.04. The fourth-order valence-electron chi connectivity index (χ4n) is 3.23. The lowest BCUT2D eigenvalue weighted by Crippen LogP contribution is -2.53. The number of aryl methyl sites for hydroxylation is 2. The molecular weight excluding hydrogens is 360 g/mol. The maximum absolute atomic E-state index is 12.5. The monoisotopic (exact) mass is 388 g/mol. The Kier molecular flexibility index (Phi) is 6.68. The second kappa shape index (κ2) is 9.19. The molecule has 0 bridgehead atoms. The van der Waals surface area contributed by atoms with Crippen molar-refractivity contribution in [3.8, 4) is 5.75 Å². The van der Waals surface area contributed by atoms with Gasteiger partial charge in [0, 0.05) is 38.1 Å². The van der Waals surface area contributed by atoms with Crippen LogP contribution in [0, 0.1) is 13.8 Å². The van der Waals surface area contributed by atoms with Crippen LogP contribution in [0.3, 0.4) is 0 Å². The smallest absolute Gasteiger partial charge is 0.317 e. The van der Waals surface area contributed by atoms with Crippen molar-refractivity contribution < 1.29 is 9.53 Å². The fourth-order valence-corrected chi connectivity index (χ4v) is 3.78. The van der Waals surface area contributed by atoms with Gasteiger partial charge >= 0.3 is 6.03 Å². The summed E-state index contributed by atoms with van der Waals surface area (Å²) in [6.45, 7) is 10.6.